The minimum absolute atomic E-state index is 0.0230. The van der Waals surface area contributed by atoms with E-state index in [1.807, 2.05) is 73.7 Å². The van der Waals surface area contributed by atoms with Crippen LogP contribution < -0.4 is 15.0 Å². The van der Waals surface area contributed by atoms with Gasteiger partial charge in [0.05, 0.1) is 35.9 Å². The predicted molar refractivity (Wildman–Crippen MR) is 134 cm³/mol. The minimum atomic E-state index is -0.0553. The fourth-order valence-corrected chi connectivity index (χ4v) is 5.31. The van der Waals surface area contributed by atoms with Gasteiger partial charge in [-0.15, -0.1) is 0 Å². The van der Waals surface area contributed by atoms with Gasteiger partial charge in [-0.05, 0) is 46.5 Å². The Labute approximate surface area is 208 Å². The highest BCUT2D eigenvalue weighted by molar-refractivity contribution is 5.71. The maximum Gasteiger partial charge on any atom is 0.251 e. The molecule has 6 rings (SSSR count). The Morgan fingerprint density at radius 1 is 1.06 bits per heavy atom. The maximum atomic E-state index is 12.9. The Morgan fingerprint density at radius 3 is 2.61 bits per heavy atom. The van der Waals surface area contributed by atoms with Gasteiger partial charge in [0.1, 0.15) is 0 Å². The van der Waals surface area contributed by atoms with Crippen molar-refractivity contribution in [2.75, 3.05) is 13.3 Å². The molecule has 0 radical (unpaired) electrons. The topological polar surface area (TPSA) is 85.3 Å². The minimum Gasteiger partial charge on any atom is -0.454 e. The number of rotatable bonds is 4. The molecule has 2 aromatic heterocycles. The van der Waals surface area contributed by atoms with E-state index < -0.39 is 0 Å². The summed E-state index contributed by atoms with van der Waals surface area (Å²) >= 11 is 0. The Hall–Kier alpha value is -4.35. The summed E-state index contributed by atoms with van der Waals surface area (Å²) in [5, 5.41) is 9.28. The van der Waals surface area contributed by atoms with Crippen molar-refractivity contribution < 1.29 is 9.47 Å². The lowest BCUT2D eigenvalue weighted by Gasteiger charge is -2.37. The monoisotopic (exact) mass is 479 g/mol. The first-order chi connectivity index (χ1) is 17.5. The lowest BCUT2D eigenvalue weighted by atomic mass is 9.92. The number of nitrogens with zero attached hydrogens (tertiary/aromatic N) is 5. The van der Waals surface area contributed by atoms with Crippen LogP contribution >= 0.6 is 0 Å². The molecule has 0 saturated carbocycles. The number of hydrogen-bond acceptors (Lipinski definition) is 6. The van der Waals surface area contributed by atoms with Crippen molar-refractivity contribution in [1.29, 1.82) is 5.26 Å². The van der Waals surface area contributed by atoms with Crippen LogP contribution in [0.2, 0.25) is 0 Å². The molecule has 8 nitrogen and oxygen atoms in total. The highest BCUT2D eigenvalue weighted by Gasteiger charge is 2.31. The van der Waals surface area contributed by atoms with Gasteiger partial charge in [0.2, 0.25) is 6.79 Å². The maximum absolute atomic E-state index is 12.9. The molecule has 2 aliphatic rings. The van der Waals surface area contributed by atoms with Gasteiger partial charge in [0, 0.05) is 45.4 Å². The molecule has 4 aromatic rings. The van der Waals surface area contributed by atoms with Crippen LogP contribution in [0.15, 0.2) is 65.8 Å². The van der Waals surface area contributed by atoms with Crippen molar-refractivity contribution in [3.05, 3.63) is 99.5 Å². The van der Waals surface area contributed by atoms with Gasteiger partial charge in [-0.3, -0.25) is 9.69 Å². The van der Waals surface area contributed by atoms with Crippen LogP contribution in [0.25, 0.3) is 11.1 Å². The van der Waals surface area contributed by atoms with E-state index in [1.165, 1.54) is 0 Å². The number of imidazole rings is 1. The van der Waals surface area contributed by atoms with E-state index >= 15 is 0 Å². The average Bonchev–Trinajstić information content (AvgIpc) is 3.55. The third-order valence-corrected chi connectivity index (χ3v) is 7.21. The molecule has 0 aliphatic carbocycles. The molecule has 4 heterocycles. The molecule has 0 fully saturated rings. The standard InChI is InChI=1S/C28H25N5O3/c1-31-16-30-14-24(31)28(19-5-3-18(13-29)4-6-19)33-10-9-23-22(15-33)21(12-27(34)32(23)2)20-7-8-25-26(11-20)36-17-35-25/h3-8,11-12,14,16,28H,9-10,15,17H2,1-2H3. The molecule has 0 spiro atoms. The van der Waals surface area contributed by atoms with Crippen LogP contribution in [0.1, 0.15) is 34.1 Å². The summed E-state index contributed by atoms with van der Waals surface area (Å²) in [6.07, 6.45) is 4.45. The summed E-state index contributed by atoms with van der Waals surface area (Å²) in [6, 6.07) is 17.5. The number of pyridine rings is 1. The smallest absolute Gasteiger partial charge is 0.251 e. The van der Waals surface area contributed by atoms with E-state index in [0.717, 1.165) is 52.4 Å². The molecule has 1 unspecified atom stereocenters. The molecule has 180 valence electrons. The van der Waals surface area contributed by atoms with Crippen LogP contribution in [0.5, 0.6) is 11.5 Å². The molecule has 0 bridgehead atoms. The summed E-state index contributed by atoms with van der Waals surface area (Å²) in [6.45, 7) is 1.64. The summed E-state index contributed by atoms with van der Waals surface area (Å²) < 4.78 is 14.9. The second-order valence-corrected chi connectivity index (χ2v) is 9.23. The van der Waals surface area contributed by atoms with Crippen molar-refractivity contribution in [2.24, 2.45) is 14.1 Å². The van der Waals surface area contributed by atoms with Crippen molar-refractivity contribution in [2.45, 2.75) is 19.0 Å². The van der Waals surface area contributed by atoms with Gasteiger partial charge in [0.25, 0.3) is 5.56 Å². The Balaban J connectivity index is 1.46. The van der Waals surface area contributed by atoms with Gasteiger partial charge in [0.15, 0.2) is 11.5 Å². The van der Waals surface area contributed by atoms with Gasteiger partial charge in [-0.2, -0.15) is 5.26 Å². The average molecular weight is 480 g/mol. The summed E-state index contributed by atoms with van der Waals surface area (Å²) in [5.74, 6) is 1.41. The Morgan fingerprint density at radius 2 is 1.86 bits per heavy atom. The molecule has 2 aliphatic heterocycles. The number of aryl methyl sites for hydroxylation is 1. The van der Waals surface area contributed by atoms with Crippen LogP contribution in [-0.4, -0.2) is 32.4 Å². The van der Waals surface area contributed by atoms with Gasteiger partial charge < -0.3 is 18.6 Å². The Bertz CT molecular complexity index is 1560. The predicted octanol–water partition coefficient (Wildman–Crippen LogP) is 3.53. The molecular weight excluding hydrogens is 454 g/mol. The summed E-state index contributed by atoms with van der Waals surface area (Å²) in [4.78, 5) is 19.7. The van der Waals surface area contributed by atoms with E-state index in [9.17, 15) is 10.1 Å². The van der Waals surface area contributed by atoms with Crippen LogP contribution in [0.3, 0.4) is 0 Å². The zero-order chi connectivity index (χ0) is 24.8. The van der Waals surface area contributed by atoms with Crippen LogP contribution in [0, 0.1) is 11.3 Å². The largest absolute Gasteiger partial charge is 0.454 e. The number of benzene rings is 2. The number of fused-ring (bicyclic) bond motifs is 2. The fourth-order valence-electron chi connectivity index (χ4n) is 5.31. The lowest BCUT2D eigenvalue weighted by Crippen LogP contribution is -2.38. The second-order valence-electron chi connectivity index (χ2n) is 9.23. The lowest BCUT2D eigenvalue weighted by molar-refractivity contribution is 0.174. The molecular formula is C28H25N5O3. The van der Waals surface area contributed by atoms with Crippen LogP contribution in [-0.2, 0) is 27.1 Å². The molecule has 0 N–H and O–H groups in total. The van der Waals surface area contributed by atoms with Gasteiger partial charge >= 0.3 is 0 Å². The third kappa shape index (κ3) is 3.65. The fraction of sp³-hybridized carbons (Fsp3) is 0.250. The van der Waals surface area contributed by atoms with E-state index in [0.29, 0.717) is 17.9 Å². The highest BCUT2D eigenvalue weighted by atomic mass is 16.7. The van der Waals surface area contributed by atoms with E-state index in [4.69, 9.17) is 9.47 Å². The first-order valence-electron chi connectivity index (χ1n) is 11.9. The number of hydrogen-bond donors (Lipinski definition) is 0. The quantitative estimate of drug-likeness (QED) is 0.445. The van der Waals surface area contributed by atoms with Gasteiger partial charge in [-0.1, -0.05) is 18.2 Å². The van der Waals surface area contributed by atoms with Crippen molar-refractivity contribution >= 4 is 0 Å². The number of ether oxygens (including phenoxy) is 2. The SMILES string of the molecule is Cn1cncc1C(c1ccc(C#N)cc1)N1CCc2c(c(-c3ccc4c(c3)OCO4)cc(=O)n2C)C1. The number of nitriles is 1. The molecule has 1 atom stereocenters. The van der Waals surface area contributed by atoms with Crippen molar-refractivity contribution in [3.8, 4) is 28.7 Å². The summed E-state index contributed by atoms with van der Waals surface area (Å²) in [7, 11) is 3.85. The first-order valence-corrected chi connectivity index (χ1v) is 11.9. The zero-order valence-corrected chi connectivity index (χ0v) is 20.1. The van der Waals surface area contributed by atoms with E-state index in [2.05, 4.69) is 16.0 Å². The molecule has 2 aromatic carbocycles. The molecule has 0 amide bonds. The second kappa shape index (κ2) is 8.70. The van der Waals surface area contributed by atoms with Crippen molar-refractivity contribution in [1.82, 2.24) is 19.0 Å². The number of aromatic nitrogens is 3. The third-order valence-electron chi connectivity index (χ3n) is 7.21. The van der Waals surface area contributed by atoms with Gasteiger partial charge in [-0.25, -0.2) is 4.98 Å². The molecule has 36 heavy (non-hydrogen) atoms. The summed E-state index contributed by atoms with van der Waals surface area (Å²) in [5.41, 5.74) is 6.80. The Kier molecular flexibility index (Phi) is 5.35. The first kappa shape index (κ1) is 22.1. The van der Waals surface area contributed by atoms with Crippen LogP contribution in [0.4, 0.5) is 0 Å². The highest BCUT2D eigenvalue weighted by Crippen LogP contribution is 2.39. The van der Waals surface area contributed by atoms with E-state index in [1.54, 1.807) is 10.6 Å². The van der Waals surface area contributed by atoms with Crippen molar-refractivity contribution in [3.63, 3.8) is 0 Å². The zero-order valence-electron chi connectivity index (χ0n) is 20.1. The normalized spacial score (nSPS) is 15.4. The molecule has 8 heteroatoms. The van der Waals surface area contributed by atoms with E-state index in [-0.39, 0.29) is 18.4 Å². The molecule has 0 saturated heterocycles.